The smallest absolute Gasteiger partial charge is 0.480 e. The number of carbonyl (C=O) groups excluding carboxylic acids is 1. The molecule has 0 radical (unpaired) electrons. The van der Waals surface area contributed by atoms with E-state index >= 15 is 0 Å². The Morgan fingerprint density at radius 1 is 1.27 bits per heavy atom. The zero-order valence-electron chi connectivity index (χ0n) is 18.2. The van der Waals surface area contributed by atoms with Gasteiger partial charge in [0.05, 0.1) is 0 Å². The number of alkyl halides is 3. The Morgan fingerprint density at radius 2 is 2.00 bits per heavy atom. The van der Waals surface area contributed by atoms with Gasteiger partial charge in [0.2, 0.25) is 0 Å². The van der Waals surface area contributed by atoms with Crippen LogP contribution in [0.2, 0.25) is 0 Å². The summed E-state index contributed by atoms with van der Waals surface area (Å²) < 4.78 is 41.2. The second kappa shape index (κ2) is 10.4. The van der Waals surface area contributed by atoms with E-state index in [-0.39, 0.29) is 24.3 Å². The van der Waals surface area contributed by atoms with E-state index in [0.29, 0.717) is 25.1 Å². The summed E-state index contributed by atoms with van der Waals surface area (Å²) in [5.41, 5.74) is 2.57. The van der Waals surface area contributed by atoms with Crippen molar-refractivity contribution >= 4 is 23.8 Å². The Hall–Kier alpha value is -2.88. The molecule has 0 bridgehead atoms. The first kappa shape index (κ1) is 24.8. The summed E-state index contributed by atoms with van der Waals surface area (Å²) in [5, 5.41) is 11.3. The van der Waals surface area contributed by atoms with Crippen molar-refractivity contribution in [2.45, 2.75) is 55.7 Å². The number of ether oxygens (including phenoxy) is 1. The monoisotopic (exact) mass is 482 g/mol. The van der Waals surface area contributed by atoms with Gasteiger partial charge in [-0.3, -0.25) is 4.79 Å². The van der Waals surface area contributed by atoms with Crippen LogP contribution >= 0.6 is 11.8 Å². The predicted octanol–water partition coefficient (Wildman–Crippen LogP) is 5.01. The molecule has 178 valence electrons. The van der Waals surface area contributed by atoms with Gasteiger partial charge in [-0.05, 0) is 68.2 Å². The van der Waals surface area contributed by atoms with Crippen LogP contribution in [0.25, 0.3) is 0 Å². The fraction of sp³-hybridized carbons (Fsp3) is 0.391. The minimum atomic E-state index is -4.76. The van der Waals surface area contributed by atoms with E-state index in [2.05, 4.69) is 10.1 Å². The number of allylic oxidation sites excluding steroid dienone is 4. The number of carboxylic acids is 1. The number of hydrogen-bond acceptors (Lipinski definition) is 4. The zero-order chi connectivity index (χ0) is 24.2. The van der Waals surface area contributed by atoms with Gasteiger partial charge in [-0.1, -0.05) is 12.1 Å². The van der Waals surface area contributed by atoms with Gasteiger partial charge in [-0.2, -0.15) is 0 Å². The number of urea groups is 1. The van der Waals surface area contributed by atoms with E-state index in [0.717, 1.165) is 16.0 Å². The van der Waals surface area contributed by atoms with Crippen molar-refractivity contribution in [2.75, 3.05) is 6.54 Å². The first-order valence-corrected chi connectivity index (χ1v) is 11.4. The number of amides is 2. The summed E-state index contributed by atoms with van der Waals surface area (Å²) in [5.74, 6) is -1.13. The van der Waals surface area contributed by atoms with Crippen molar-refractivity contribution in [2.24, 2.45) is 0 Å². The predicted molar refractivity (Wildman–Crippen MR) is 119 cm³/mol. The summed E-state index contributed by atoms with van der Waals surface area (Å²) >= 11 is 1.27. The Kier molecular flexibility index (Phi) is 7.78. The lowest BCUT2D eigenvalue weighted by Crippen LogP contribution is -2.46. The number of carboxylic acid groups (broad SMARTS) is 1. The van der Waals surface area contributed by atoms with Crippen LogP contribution in [0, 0.1) is 0 Å². The quantitative estimate of drug-likeness (QED) is 0.534. The third-order valence-electron chi connectivity index (χ3n) is 5.36. The molecular weight excluding hydrogens is 457 g/mol. The van der Waals surface area contributed by atoms with Crippen LogP contribution in [0.1, 0.15) is 31.4 Å². The lowest BCUT2D eigenvalue weighted by atomic mass is 10.1. The van der Waals surface area contributed by atoms with Crippen LogP contribution in [0.3, 0.4) is 0 Å². The molecule has 33 heavy (non-hydrogen) atoms. The summed E-state index contributed by atoms with van der Waals surface area (Å²) in [6.07, 6.45) is 2.14. The lowest BCUT2D eigenvalue weighted by molar-refractivity contribution is -0.305. The number of aliphatic carboxylic acids is 1. The average Bonchev–Trinajstić information content (AvgIpc) is 3.01. The molecule has 2 atom stereocenters. The van der Waals surface area contributed by atoms with Gasteiger partial charge in [0, 0.05) is 29.6 Å². The number of likely N-dealkylation sites (N-methyl/N-ethyl adjacent to an activating group) is 1. The molecule has 0 saturated heterocycles. The highest BCUT2D eigenvalue weighted by Crippen LogP contribution is 2.32. The number of nitrogens with one attached hydrogen (secondary N) is 1. The molecule has 2 amide bonds. The highest BCUT2D eigenvalue weighted by molar-refractivity contribution is 8.00. The molecule has 0 spiro atoms. The highest BCUT2D eigenvalue weighted by Gasteiger charge is 2.32. The third kappa shape index (κ3) is 6.80. The topological polar surface area (TPSA) is 78.9 Å². The number of halogens is 3. The van der Waals surface area contributed by atoms with Crippen molar-refractivity contribution in [1.29, 1.82) is 0 Å². The second-order valence-corrected chi connectivity index (χ2v) is 9.13. The molecule has 2 aliphatic rings. The number of thioether (sulfide) groups is 1. The van der Waals surface area contributed by atoms with Gasteiger partial charge in [-0.15, -0.1) is 24.9 Å². The van der Waals surface area contributed by atoms with E-state index in [4.69, 9.17) is 5.11 Å². The molecule has 2 aliphatic carbocycles. The Balaban J connectivity index is 1.65. The van der Waals surface area contributed by atoms with Gasteiger partial charge in [0.1, 0.15) is 11.0 Å². The molecule has 0 fully saturated rings. The summed E-state index contributed by atoms with van der Waals surface area (Å²) in [7, 11) is 0. The second-order valence-electron chi connectivity index (χ2n) is 7.72. The van der Waals surface area contributed by atoms with Gasteiger partial charge < -0.3 is 20.1 Å². The van der Waals surface area contributed by atoms with Crippen LogP contribution in [0.15, 0.2) is 58.9 Å². The minimum Gasteiger partial charge on any atom is -0.480 e. The van der Waals surface area contributed by atoms with Gasteiger partial charge in [-0.25, -0.2) is 4.79 Å². The van der Waals surface area contributed by atoms with Gasteiger partial charge >= 0.3 is 18.4 Å². The standard InChI is InChI=1S/C23H25F3N2O4S/c1-3-28(22(31)27-17-5-4-6-19(9-8-17)32-23(24,25)26)18-11-15-7-10-20(13-16(15)12-18)33-14(2)21(29)30/h4-5,7-10,13-14,18H,3,6,11-12H2,1-2H3,(H,27,31)(H,29,30). The normalized spacial score (nSPS) is 18.5. The van der Waals surface area contributed by atoms with Crippen molar-refractivity contribution < 1.29 is 32.6 Å². The minimum absolute atomic E-state index is 0.0361. The molecule has 0 saturated carbocycles. The molecule has 0 aromatic heterocycles. The molecule has 3 rings (SSSR count). The van der Waals surface area contributed by atoms with E-state index in [1.165, 1.54) is 30.0 Å². The first-order valence-electron chi connectivity index (χ1n) is 10.5. The van der Waals surface area contributed by atoms with E-state index in [1.54, 1.807) is 17.9 Å². The third-order valence-corrected chi connectivity index (χ3v) is 6.44. The molecule has 0 aliphatic heterocycles. The average molecular weight is 483 g/mol. The summed E-state index contributed by atoms with van der Waals surface area (Å²) in [6, 6.07) is 5.44. The summed E-state index contributed by atoms with van der Waals surface area (Å²) in [6.45, 7) is 3.96. The Bertz CT molecular complexity index is 1000. The van der Waals surface area contributed by atoms with Crippen LogP contribution in [0.4, 0.5) is 18.0 Å². The van der Waals surface area contributed by atoms with Crippen molar-refractivity contribution in [3.63, 3.8) is 0 Å². The Labute approximate surface area is 194 Å². The molecular formula is C23H25F3N2O4S. The molecule has 2 unspecified atom stereocenters. The van der Waals surface area contributed by atoms with Crippen molar-refractivity contribution in [3.8, 4) is 0 Å². The highest BCUT2D eigenvalue weighted by atomic mass is 32.2. The summed E-state index contributed by atoms with van der Waals surface area (Å²) in [4.78, 5) is 26.6. The fourth-order valence-corrected chi connectivity index (χ4v) is 4.66. The molecule has 1 aromatic rings. The van der Waals surface area contributed by atoms with Crippen molar-refractivity contribution in [3.05, 3.63) is 65.1 Å². The van der Waals surface area contributed by atoms with Gasteiger partial charge in [0.25, 0.3) is 0 Å². The number of carbonyl (C=O) groups is 2. The fourth-order valence-electron chi connectivity index (χ4n) is 3.80. The van der Waals surface area contributed by atoms with E-state index < -0.39 is 17.6 Å². The zero-order valence-corrected chi connectivity index (χ0v) is 19.0. The maximum atomic E-state index is 12.9. The van der Waals surface area contributed by atoms with Crippen molar-refractivity contribution in [1.82, 2.24) is 10.2 Å². The van der Waals surface area contributed by atoms with Gasteiger partial charge in [0.15, 0.2) is 0 Å². The number of fused-ring (bicyclic) bond motifs is 1. The molecule has 2 N–H and O–H groups in total. The number of benzene rings is 1. The molecule has 6 nitrogen and oxygen atoms in total. The number of nitrogens with zero attached hydrogens (tertiary/aromatic N) is 1. The van der Waals surface area contributed by atoms with Crippen LogP contribution < -0.4 is 5.32 Å². The number of rotatable bonds is 7. The Morgan fingerprint density at radius 3 is 2.67 bits per heavy atom. The van der Waals surface area contributed by atoms with Crippen LogP contribution in [0.5, 0.6) is 0 Å². The van der Waals surface area contributed by atoms with E-state index in [9.17, 15) is 22.8 Å². The van der Waals surface area contributed by atoms with Crippen LogP contribution in [-0.2, 0) is 22.4 Å². The number of hydrogen-bond donors (Lipinski definition) is 2. The molecule has 1 aromatic carbocycles. The molecule has 10 heteroatoms. The molecule has 0 heterocycles. The largest absolute Gasteiger partial charge is 0.572 e. The van der Waals surface area contributed by atoms with Crippen LogP contribution in [-0.4, -0.2) is 46.2 Å². The maximum Gasteiger partial charge on any atom is 0.572 e. The maximum absolute atomic E-state index is 12.9. The SMILES string of the molecule is CCN(C(=O)NC1=CC=C(OC(F)(F)F)CC=C1)C1Cc2ccc(SC(C)C(=O)O)cc2C1. The van der Waals surface area contributed by atoms with E-state index in [1.807, 2.05) is 25.1 Å². The lowest BCUT2D eigenvalue weighted by Gasteiger charge is -2.28. The first-order chi connectivity index (χ1) is 15.6.